The lowest BCUT2D eigenvalue weighted by molar-refractivity contribution is -0.136. The maximum atomic E-state index is 12.6. The van der Waals surface area contributed by atoms with E-state index in [0.717, 1.165) is 6.42 Å². The summed E-state index contributed by atoms with van der Waals surface area (Å²) in [5.41, 5.74) is 6.47. The molecule has 0 radical (unpaired) electrons. The Bertz CT molecular complexity index is 590. The number of carbonyl (C=O) groups excluding carboxylic acids is 2. The van der Waals surface area contributed by atoms with Gasteiger partial charge in [-0.1, -0.05) is 25.4 Å². The molecule has 1 aliphatic heterocycles. The Morgan fingerprint density at radius 3 is 2.46 bits per heavy atom. The van der Waals surface area contributed by atoms with Crippen LogP contribution in [0.25, 0.3) is 0 Å². The largest absolute Gasteiger partial charge is 0.341 e. The average Bonchev–Trinajstić information content (AvgIpc) is 2.49. The van der Waals surface area contributed by atoms with Crippen LogP contribution in [-0.4, -0.2) is 41.9 Å². The van der Waals surface area contributed by atoms with Crippen LogP contribution in [0.5, 0.6) is 0 Å². The topological polar surface area (TPSA) is 75.4 Å². The Kier molecular flexibility index (Phi) is 7.08. The summed E-state index contributed by atoms with van der Waals surface area (Å²) >= 11 is 5.81. The number of rotatable bonds is 3. The van der Waals surface area contributed by atoms with Crippen LogP contribution < -0.4 is 11.1 Å². The van der Waals surface area contributed by atoms with E-state index in [0.29, 0.717) is 23.7 Å². The van der Waals surface area contributed by atoms with E-state index in [4.69, 9.17) is 17.3 Å². The third kappa shape index (κ3) is 4.85. The van der Waals surface area contributed by atoms with E-state index in [1.807, 2.05) is 0 Å². The van der Waals surface area contributed by atoms with Crippen LogP contribution in [0.4, 0.5) is 0 Å². The summed E-state index contributed by atoms with van der Waals surface area (Å²) in [7, 11) is 0. The lowest BCUT2D eigenvalue weighted by Gasteiger charge is -2.43. The molecule has 0 spiro atoms. The monoisotopic (exact) mass is 373 g/mol. The minimum Gasteiger partial charge on any atom is -0.341 e. The van der Waals surface area contributed by atoms with E-state index in [2.05, 4.69) is 19.2 Å². The molecule has 1 heterocycles. The van der Waals surface area contributed by atoms with Gasteiger partial charge >= 0.3 is 0 Å². The van der Waals surface area contributed by atoms with Gasteiger partial charge in [0.15, 0.2) is 0 Å². The van der Waals surface area contributed by atoms with Crippen molar-refractivity contribution >= 4 is 35.8 Å². The summed E-state index contributed by atoms with van der Waals surface area (Å²) in [6.07, 6.45) is 0.774. The van der Waals surface area contributed by atoms with Crippen LogP contribution in [0.2, 0.25) is 5.02 Å². The van der Waals surface area contributed by atoms with Gasteiger partial charge in [0.25, 0.3) is 5.91 Å². The standard InChI is InChI=1S/C17H24ClN3O2.ClH/c1-11(20-15(22)12-4-6-13(18)7-5-12)16(23)21-9-8-14(19)17(2,3)10-21;/h4-7,11,14H,8-10,19H2,1-3H3,(H,20,22);1H. The lowest BCUT2D eigenvalue weighted by Crippen LogP contribution is -2.57. The number of hydrogen-bond donors (Lipinski definition) is 2. The fraction of sp³-hybridized carbons (Fsp3) is 0.529. The number of amides is 2. The van der Waals surface area contributed by atoms with Crippen LogP contribution in [0.3, 0.4) is 0 Å². The molecule has 0 aromatic heterocycles. The highest BCUT2D eigenvalue weighted by Gasteiger charge is 2.36. The highest BCUT2D eigenvalue weighted by molar-refractivity contribution is 6.30. The summed E-state index contributed by atoms with van der Waals surface area (Å²) in [4.78, 5) is 26.5. The first-order chi connectivity index (χ1) is 10.7. The molecule has 1 aliphatic rings. The van der Waals surface area contributed by atoms with Gasteiger partial charge in [-0.15, -0.1) is 12.4 Å². The molecule has 3 N–H and O–H groups in total. The molecule has 2 amide bonds. The molecule has 0 bridgehead atoms. The SMILES string of the molecule is CC(NC(=O)c1ccc(Cl)cc1)C(=O)N1CCC(N)C(C)(C)C1.Cl. The highest BCUT2D eigenvalue weighted by Crippen LogP contribution is 2.28. The van der Waals surface area contributed by atoms with Crippen molar-refractivity contribution in [3.05, 3.63) is 34.9 Å². The molecule has 1 saturated heterocycles. The molecule has 24 heavy (non-hydrogen) atoms. The van der Waals surface area contributed by atoms with Gasteiger partial charge in [0.1, 0.15) is 6.04 Å². The van der Waals surface area contributed by atoms with E-state index in [1.54, 1.807) is 36.1 Å². The first-order valence-corrected chi connectivity index (χ1v) is 8.19. The number of nitrogens with zero attached hydrogens (tertiary/aromatic N) is 1. The number of carbonyl (C=O) groups is 2. The zero-order valence-electron chi connectivity index (χ0n) is 14.2. The number of hydrogen-bond acceptors (Lipinski definition) is 3. The second-order valence-electron chi connectivity index (χ2n) is 6.85. The van der Waals surface area contributed by atoms with Crippen molar-refractivity contribution in [1.29, 1.82) is 0 Å². The van der Waals surface area contributed by atoms with E-state index in [-0.39, 0.29) is 35.7 Å². The molecular weight excluding hydrogens is 349 g/mol. The number of halogens is 2. The third-order valence-electron chi connectivity index (χ3n) is 4.45. The van der Waals surface area contributed by atoms with Gasteiger partial charge in [-0.3, -0.25) is 9.59 Å². The second kappa shape index (κ2) is 8.19. The quantitative estimate of drug-likeness (QED) is 0.854. The van der Waals surface area contributed by atoms with Crippen molar-refractivity contribution < 1.29 is 9.59 Å². The van der Waals surface area contributed by atoms with Crippen LogP contribution >= 0.6 is 24.0 Å². The Labute approximate surface area is 154 Å². The van der Waals surface area contributed by atoms with Crippen LogP contribution in [-0.2, 0) is 4.79 Å². The predicted octanol–water partition coefficient (Wildman–Crippen LogP) is 2.47. The molecule has 7 heteroatoms. The smallest absolute Gasteiger partial charge is 0.251 e. The molecule has 2 unspecified atom stereocenters. The molecule has 2 rings (SSSR count). The van der Waals surface area contributed by atoms with Crippen LogP contribution in [0.15, 0.2) is 24.3 Å². The maximum Gasteiger partial charge on any atom is 0.251 e. The highest BCUT2D eigenvalue weighted by atomic mass is 35.5. The molecular formula is C17H25Cl2N3O2. The minimum absolute atomic E-state index is 0. The van der Waals surface area contributed by atoms with Crippen molar-refractivity contribution in [2.45, 2.75) is 39.3 Å². The first kappa shape index (κ1) is 20.7. The molecule has 2 atom stereocenters. The number of benzene rings is 1. The molecule has 1 aromatic rings. The molecule has 5 nitrogen and oxygen atoms in total. The van der Waals surface area contributed by atoms with Gasteiger partial charge in [-0.25, -0.2) is 0 Å². The zero-order chi connectivity index (χ0) is 17.2. The number of piperidine rings is 1. The number of likely N-dealkylation sites (tertiary alicyclic amines) is 1. The predicted molar refractivity (Wildman–Crippen MR) is 98.6 cm³/mol. The van der Waals surface area contributed by atoms with Crippen molar-refractivity contribution in [3.8, 4) is 0 Å². The third-order valence-corrected chi connectivity index (χ3v) is 4.70. The number of nitrogens with one attached hydrogen (secondary N) is 1. The second-order valence-corrected chi connectivity index (χ2v) is 7.28. The number of nitrogens with two attached hydrogens (primary N) is 1. The fourth-order valence-electron chi connectivity index (χ4n) is 2.78. The van der Waals surface area contributed by atoms with E-state index < -0.39 is 6.04 Å². The lowest BCUT2D eigenvalue weighted by atomic mass is 9.79. The fourth-order valence-corrected chi connectivity index (χ4v) is 2.90. The molecule has 1 fully saturated rings. The Morgan fingerprint density at radius 2 is 1.92 bits per heavy atom. The van der Waals surface area contributed by atoms with E-state index in [9.17, 15) is 9.59 Å². The maximum absolute atomic E-state index is 12.6. The van der Waals surface area contributed by atoms with Crippen molar-refractivity contribution in [2.75, 3.05) is 13.1 Å². The normalized spacial score (nSPS) is 20.7. The molecule has 0 saturated carbocycles. The summed E-state index contributed by atoms with van der Waals surface area (Å²) in [6.45, 7) is 7.07. The Balaban J connectivity index is 0.00000288. The van der Waals surface area contributed by atoms with Crippen molar-refractivity contribution in [1.82, 2.24) is 10.2 Å². The van der Waals surface area contributed by atoms with Gasteiger partial charge in [0, 0.05) is 29.7 Å². The minimum atomic E-state index is -0.580. The Hall–Kier alpha value is -1.30. The van der Waals surface area contributed by atoms with Crippen LogP contribution in [0.1, 0.15) is 37.6 Å². The molecule has 0 aliphatic carbocycles. The summed E-state index contributed by atoms with van der Waals surface area (Å²) in [5, 5.41) is 3.31. The van der Waals surface area contributed by atoms with Crippen molar-refractivity contribution in [3.63, 3.8) is 0 Å². The molecule has 1 aromatic carbocycles. The van der Waals surface area contributed by atoms with Crippen molar-refractivity contribution in [2.24, 2.45) is 11.1 Å². The van der Waals surface area contributed by atoms with Gasteiger partial charge in [0.05, 0.1) is 0 Å². The van der Waals surface area contributed by atoms with Gasteiger partial charge in [-0.2, -0.15) is 0 Å². The average molecular weight is 374 g/mol. The van der Waals surface area contributed by atoms with Gasteiger partial charge in [0.2, 0.25) is 5.91 Å². The zero-order valence-corrected chi connectivity index (χ0v) is 15.8. The Morgan fingerprint density at radius 1 is 1.33 bits per heavy atom. The molecule has 134 valence electrons. The van der Waals surface area contributed by atoms with Crippen LogP contribution in [0, 0.1) is 5.41 Å². The summed E-state index contributed by atoms with van der Waals surface area (Å²) in [6, 6.07) is 6.08. The van der Waals surface area contributed by atoms with Gasteiger partial charge in [-0.05, 0) is 43.0 Å². The summed E-state index contributed by atoms with van der Waals surface area (Å²) in [5.74, 6) is -0.359. The van der Waals surface area contributed by atoms with E-state index >= 15 is 0 Å². The van der Waals surface area contributed by atoms with E-state index in [1.165, 1.54) is 0 Å². The van der Waals surface area contributed by atoms with Gasteiger partial charge < -0.3 is 16.0 Å². The first-order valence-electron chi connectivity index (χ1n) is 7.81. The summed E-state index contributed by atoms with van der Waals surface area (Å²) < 4.78 is 0.